The Morgan fingerprint density at radius 1 is 1.24 bits per heavy atom. The molecule has 114 valence electrons. The van der Waals surface area contributed by atoms with Crippen molar-refractivity contribution in [3.8, 4) is 5.75 Å². The first-order valence-electron chi connectivity index (χ1n) is 7.61. The van der Waals surface area contributed by atoms with Crippen molar-refractivity contribution in [3.05, 3.63) is 29.8 Å². The van der Waals surface area contributed by atoms with Gasteiger partial charge in [0.05, 0.1) is 0 Å². The first-order valence-corrected chi connectivity index (χ1v) is 7.61. The van der Waals surface area contributed by atoms with Gasteiger partial charge in [0.25, 0.3) is 5.91 Å². The van der Waals surface area contributed by atoms with Crippen LogP contribution in [0.5, 0.6) is 5.75 Å². The second-order valence-corrected chi connectivity index (χ2v) is 5.65. The minimum atomic E-state index is 0.0242. The second kappa shape index (κ2) is 7.25. The Morgan fingerprint density at radius 3 is 2.43 bits per heavy atom. The zero-order chi connectivity index (χ0) is 15.2. The number of benzene rings is 1. The lowest BCUT2D eigenvalue weighted by Gasteiger charge is -2.22. The van der Waals surface area contributed by atoms with E-state index in [2.05, 4.69) is 6.92 Å². The molecule has 0 heterocycles. The molecule has 1 saturated carbocycles. The summed E-state index contributed by atoms with van der Waals surface area (Å²) in [4.78, 5) is 25.3. The van der Waals surface area contributed by atoms with E-state index < -0.39 is 0 Å². The van der Waals surface area contributed by atoms with Crippen LogP contribution in [-0.4, -0.2) is 36.3 Å². The van der Waals surface area contributed by atoms with Crippen LogP contribution in [0.3, 0.4) is 0 Å². The lowest BCUT2D eigenvalue weighted by molar-refractivity contribution is -0.133. The van der Waals surface area contributed by atoms with Gasteiger partial charge >= 0.3 is 0 Å². The Hall–Kier alpha value is -1.84. The molecule has 0 atom stereocenters. The van der Waals surface area contributed by atoms with E-state index in [1.54, 1.807) is 24.3 Å². The molecule has 1 aliphatic carbocycles. The number of ketones is 1. The highest BCUT2D eigenvalue weighted by Gasteiger charge is 2.26. The smallest absolute Gasteiger partial charge is 0.260 e. The van der Waals surface area contributed by atoms with Crippen LogP contribution >= 0.6 is 0 Å². The van der Waals surface area contributed by atoms with Crippen LogP contribution < -0.4 is 4.74 Å². The molecule has 1 fully saturated rings. The Morgan fingerprint density at radius 2 is 1.90 bits per heavy atom. The summed E-state index contributed by atoms with van der Waals surface area (Å²) >= 11 is 0. The average Bonchev–Trinajstić information content (AvgIpc) is 3.28. The van der Waals surface area contributed by atoms with Gasteiger partial charge in [-0.05, 0) is 56.4 Å². The number of rotatable bonds is 8. The van der Waals surface area contributed by atoms with Crippen molar-refractivity contribution >= 4 is 11.7 Å². The molecule has 1 aliphatic rings. The van der Waals surface area contributed by atoms with E-state index in [9.17, 15) is 9.59 Å². The van der Waals surface area contributed by atoms with Crippen molar-refractivity contribution in [2.24, 2.45) is 5.92 Å². The topological polar surface area (TPSA) is 46.6 Å². The molecule has 1 amide bonds. The van der Waals surface area contributed by atoms with E-state index in [1.165, 1.54) is 19.8 Å². The predicted molar refractivity (Wildman–Crippen MR) is 81.5 cm³/mol. The fourth-order valence-electron chi connectivity index (χ4n) is 2.22. The van der Waals surface area contributed by atoms with Crippen molar-refractivity contribution in [1.82, 2.24) is 4.90 Å². The number of carbonyl (C=O) groups excluding carboxylic acids is 2. The van der Waals surface area contributed by atoms with Gasteiger partial charge in [-0.2, -0.15) is 0 Å². The number of nitrogens with zero attached hydrogens (tertiary/aromatic N) is 1. The van der Waals surface area contributed by atoms with Crippen LogP contribution in [-0.2, 0) is 4.79 Å². The highest BCUT2D eigenvalue weighted by molar-refractivity contribution is 5.94. The fraction of sp³-hybridized carbons (Fsp3) is 0.529. The Balaban J connectivity index is 1.84. The zero-order valence-corrected chi connectivity index (χ0v) is 12.8. The maximum atomic E-state index is 12.2. The monoisotopic (exact) mass is 289 g/mol. The first kappa shape index (κ1) is 15.5. The van der Waals surface area contributed by atoms with E-state index in [1.807, 2.05) is 4.90 Å². The second-order valence-electron chi connectivity index (χ2n) is 5.65. The number of Topliss-reactive ketones (excluding diaryl/α,β-unsaturated/α-hetero) is 1. The van der Waals surface area contributed by atoms with Gasteiger partial charge in [0.2, 0.25) is 0 Å². The molecule has 0 spiro atoms. The highest BCUT2D eigenvalue weighted by atomic mass is 16.5. The van der Waals surface area contributed by atoms with Crippen LogP contribution in [0.4, 0.5) is 0 Å². The molecule has 0 unspecified atom stereocenters. The molecule has 4 heteroatoms. The molecule has 1 aromatic carbocycles. The average molecular weight is 289 g/mol. The number of ether oxygens (including phenoxy) is 1. The van der Waals surface area contributed by atoms with Gasteiger partial charge in [0.1, 0.15) is 5.75 Å². The molecular weight excluding hydrogens is 266 g/mol. The van der Waals surface area contributed by atoms with E-state index in [-0.39, 0.29) is 18.3 Å². The normalized spacial score (nSPS) is 13.8. The summed E-state index contributed by atoms with van der Waals surface area (Å²) in [6.07, 6.45) is 3.44. The van der Waals surface area contributed by atoms with Crippen LogP contribution in [0.1, 0.15) is 43.5 Å². The summed E-state index contributed by atoms with van der Waals surface area (Å²) in [7, 11) is 0. The van der Waals surface area contributed by atoms with Crippen molar-refractivity contribution in [1.29, 1.82) is 0 Å². The number of amides is 1. The third kappa shape index (κ3) is 4.88. The standard InChI is InChI=1S/C17H23NO3/c1-3-10-18(11-14-4-5-14)17(20)12-21-16-8-6-15(7-9-16)13(2)19/h6-9,14H,3-5,10-12H2,1-2H3. The summed E-state index contributed by atoms with van der Waals surface area (Å²) in [6.45, 7) is 5.32. The third-order valence-electron chi connectivity index (χ3n) is 3.64. The van der Waals surface area contributed by atoms with Crippen LogP contribution in [0.25, 0.3) is 0 Å². The van der Waals surface area contributed by atoms with Gasteiger partial charge in [0.15, 0.2) is 12.4 Å². The molecule has 0 aliphatic heterocycles. The molecule has 0 radical (unpaired) electrons. The van der Waals surface area contributed by atoms with E-state index in [4.69, 9.17) is 4.74 Å². The highest BCUT2D eigenvalue weighted by Crippen LogP contribution is 2.29. The van der Waals surface area contributed by atoms with E-state index >= 15 is 0 Å². The van der Waals surface area contributed by atoms with Crippen LogP contribution in [0.15, 0.2) is 24.3 Å². The summed E-state index contributed by atoms with van der Waals surface area (Å²) in [5, 5.41) is 0. The maximum absolute atomic E-state index is 12.2. The Bertz CT molecular complexity index is 491. The third-order valence-corrected chi connectivity index (χ3v) is 3.64. The molecule has 21 heavy (non-hydrogen) atoms. The summed E-state index contributed by atoms with van der Waals surface area (Å²) < 4.78 is 5.53. The largest absolute Gasteiger partial charge is 0.484 e. The Kier molecular flexibility index (Phi) is 5.37. The van der Waals surface area contributed by atoms with Gasteiger partial charge in [-0.25, -0.2) is 0 Å². The van der Waals surface area contributed by atoms with Crippen molar-refractivity contribution in [3.63, 3.8) is 0 Å². The van der Waals surface area contributed by atoms with Gasteiger partial charge in [-0.1, -0.05) is 6.92 Å². The summed E-state index contributed by atoms with van der Waals surface area (Å²) in [5.41, 5.74) is 0.648. The number of hydrogen-bond donors (Lipinski definition) is 0. The maximum Gasteiger partial charge on any atom is 0.260 e. The first-order chi connectivity index (χ1) is 10.1. The molecular formula is C17H23NO3. The van der Waals surface area contributed by atoms with Crippen molar-refractivity contribution < 1.29 is 14.3 Å². The van der Waals surface area contributed by atoms with E-state index in [0.29, 0.717) is 17.2 Å². The molecule has 0 aromatic heterocycles. The Labute approximate surface area is 126 Å². The lowest BCUT2D eigenvalue weighted by Crippen LogP contribution is -2.37. The van der Waals surface area contributed by atoms with Crippen LogP contribution in [0, 0.1) is 5.92 Å². The van der Waals surface area contributed by atoms with Gasteiger partial charge in [-0.3, -0.25) is 9.59 Å². The van der Waals surface area contributed by atoms with Gasteiger partial charge in [-0.15, -0.1) is 0 Å². The van der Waals surface area contributed by atoms with Gasteiger partial charge in [0, 0.05) is 18.7 Å². The molecule has 0 bridgehead atoms. The lowest BCUT2D eigenvalue weighted by atomic mass is 10.1. The molecule has 4 nitrogen and oxygen atoms in total. The predicted octanol–water partition coefficient (Wildman–Crippen LogP) is 2.92. The zero-order valence-electron chi connectivity index (χ0n) is 12.8. The molecule has 2 rings (SSSR count). The SMILES string of the molecule is CCCN(CC1CC1)C(=O)COc1ccc(C(C)=O)cc1. The molecule has 1 aromatic rings. The van der Waals surface area contributed by atoms with Crippen LogP contribution in [0.2, 0.25) is 0 Å². The molecule has 0 saturated heterocycles. The van der Waals surface area contributed by atoms with Crippen molar-refractivity contribution in [2.45, 2.75) is 33.1 Å². The number of hydrogen-bond acceptors (Lipinski definition) is 3. The fourth-order valence-corrected chi connectivity index (χ4v) is 2.22. The summed E-state index contributed by atoms with van der Waals surface area (Å²) in [5.74, 6) is 1.38. The minimum absolute atomic E-state index is 0.0242. The molecule has 0 N–H and O–H groups in total. The van der Waals surface area contributed by atoms with E-state index in [0.717, 1.165) is 19.5 Å². The quantitative estimate of drug-likeness (QED) is 0.691. The summed E-state index contributed by atoms with van der Waals surface area (Å²) in [6, 6.07) is 6.90. The van der Waals surface area contributed by atoms with Crippen molar-refractivity contribution in [2.75, 3.05) is 19.7 Å². The number of carbonyl (C=O) groups is 2. The minimum Gasteiger partial charge on any atom is -0.484 e. The van der Waals surface area contributed by atoms with Gasteiger partial charge < -0.3 is 9.64 Å².